The van der Waals surface area contributed by atoms with E-state index in [1.165, 1.54) is 18.5 Å². The van der Waals surface area contributed by atoms with Gasteiger partial charge in [0.1, 0.15) is 18.2 Å². The summed E-state index contributed by atoms with van der Waals surface area (Å²) in [5, 5.41) is 16.8. The molecule has 3 rings (SSSR count). The van der Waals surface area contributed by atoms with E-state index in [0.717, 1.165) is 0 Å². The van der Waals surface area contributed by atoms with Gasteiger partial charge in [0.15, 0.2) is 11.5 Å². The molecular weight excluding hydrogens is 368 g/mol. The van der Waals surface area contributed by atoms with Crippen molar-refractivity contribution in [1.29, 1.82) is 5.26 Å². The van der Waals surface area contributed by atoms with E-state index < -0.39 is 11.5 Å². The van der Waals surface area contributed by atoms with Crippen molar-refractivity contribution < 1.29 is 8.78 Å². The molecule has 0 unspecified atom stereocenters. The van der Waals surface area contributed by atoms with Gasteiger partial charge in [-0.3, -0.25) is 0 Å². The highest BCUT2D eigenvalue weighted by molar-refractivity contribution is 9.10. The molecule has 0 bridgehead atoms. The van der Waals surface area contributed by atoms with Crippen LogP contribution in [0.3, 0.4) is 0 Å². The Hall–Kier alpha value is -2.01. The second-order valence-electron chi connectivity index (χ2n) is 5.61. The molecule has 1 fully saturated rings. The lowest BCUT2D eigenvalue weighted by Crippen LogP contribution is -2.42. The zero-order chi connectivity index (χ0) is 16.6. The molecule has 0 spiro atoms. The highest BCUT2D eigenvalue weighted by Gasteiger charge is 2.40. The molecule has 0 amide bonds. The lowest BCUT2D eigenvalue weighted by atomic mass is 9.91. The van der Waals surface area contributed by atoms with Gasteiger partial charge in [-0.1, -0.05) is 0 Å². The first-order chi connectivity index (χ1) is 10.9. The van der Waals surface area contributed by atoms with Gasteiger partial charge in [0, 0.05) is 37.5 Å². The van der Waals surface area contributed by atoms with Crippen LogP contribution in [-0.4, -0.2) is 27.9 Å². The summed E-state index contributed by atoms with van der Waals surface area (Å²) in [4.78, 5) is 1.90. The number of rotatable bonds is 2. The van der Waals surface area contributed by atoms with E-state index >= 15 is 4.39 Å². The zero-order valence-electron chi connectivity index (χ0n) is 12.4. The van der Waals surface area contributed by atoms with Gasteiger partial charge in [-0.15, -0.1) is 10.2 Å². The summed E-state index contributed by atoms with van der Waals surface area (Å²) in [6.45, 7) is 0.810. The van der Waals surface area contributed by atoms with Crippen LogP contribution in [0, 0.1) is 17.1 Å². The first-order valence-electron chi connectivity index (χ1n) is 7.12. The monoisotopic (exact) mass is 381 g/mol. The predicted molar refractivity (Wildman–Crippen MR) is 84.1 cm³/mol. The Labute approximate surface area is 140 Å². The molecule has 5 nitrogen and oxygen atoms in total. The first-order valence-corrected chi connectivity index (χ1v) is 7.91. The highest BCUT2D eigenvalue weighted by atomic mass is 79.9. The van der Waals surface area contributed by atoms with E-state index in [4.69, 9.17) is 0 Å². The molecule has 1 aliphatic heterocycles. The van der Waals surface area contributed by atoms with Crippen molar-refractivity contribution in [1.82, 2.24) is 14.8 Å². The number of nitrogens with zero attached hydrogens (tertiary/aromatic N) is 5. The fourth-order valence-electron chi connectivity index (χ4n) is 2.97. The quantitative estimate of drug-likeness (QED) is 0.801. The third-order valence-electron chi connectivity index (χ3n) is 4.13. The molecule has 0 saturated carbocycles. The van der Waals surface area contributed by atoms with Crippen LogP contribution in [0.5, 0.6) is 0 Å². The molecular formula is C15H14BrF2N5. The third kappa shape index (κ3) is 2.81. The van der Waals surface area contributed by atoms with E-state index in [1.54, 1.807) is 11.6 Å². The molecule has 1 aromatic heterocycles. The van der Waals surface area contributed by atoms with Crippen molar-refractivity contribution >= 4 is 21.6 Å². The summed E-state index contributed by atoms with van der Waals surface area (Å²) in [7, 11) is 1.72. The van der Waals surface area contributed by atoms with Crippen molar-refractivity contribution in [2.24, 2.45) is 7.05 Å². The summed E-state index contributed by atoms with van der Waals surface area (Å²) in [5.74, 6) is -0.163. The number of aromatic nitrogens is 3. The van der Waals surface area contributed by atoms with E-state index in [0.29, 0.717) is 29.1 Å². The average molecular weight is 382 g/mol. The Balaban J connectivity index is 1.86. The molecule has 8 heteroatoms. The fraction of sp³-hybridized carbons (Fsp3) is 0.400. The molecule has 0 radical (unpaired) electrons. The third-order valence-corrected chi connectivity index (χ3v) is 4.74. The maximum atomic E-state index is 15.1. The number of aryl methyl sites for hydroxylation is 1. The predicted octanol–water partition coefficient (Wildman–Crippen LogP) is 3.05. The SMILES string of the molecule is Cn1cnnc1C1(F)CCN(c2c(Br)cc(F)cc2C#N)CC1. The van der Waals surface area contributed by atoms with E-state index in [1.807, 2.05) is 11.0 Å². The van der Waals surface area contributed by atoms with Crippen molar-refractivity contribution in [3.63, 3.8) is 0 Å². The number of nitriles is 1. The average Bonchev–Trinajstić information content (AvgIpc) is 2.95. The van der Waals surface area contributed by atoms with Gasteiger partial charge in [-0.2, -0.15) is 5.26 Å². The van der Waals surface area contributed by atoms with Gasteiger partial charge in [0.2, 0.25) is 0 Å². The maximum Gasteiger partial charge on any atom is 0.173 e. The number of hydrogen-bond acceptors (Lipinski definition) is 4. The van der Waals surface area contributed by atoms with Crippen LogP contribution in [-0.2, 0) is 12.7 Å². The van der Waals surface area contributed by atoms with Gasteiger partial charge in [0.05, 0.1) is 11.3 Å². The van der Waals surface area contributed by atoms with Crippen LogP contribution < -0.4 is 4.90 Å². The number of alkyl halides is 1. The standard InChI is InChI=1S/C15H14BrF2N5/c1-22-9-20-21-14(22)15(18)2-4-23(5-3-15)13-10(8-19)6-11(17)7-12(13)16/h6-7,9H,2-5H2,1H3. The number of hydrogen-bond donors (Lipinski definition) is 0. The lowest BCUT2D eigenvalue weighted by Gasteiger charge is -2.37. The van der Waals surface area contributed by atoms with E-state index in [9.17, 15) is 9.65 Å². The minimum absolute atomic E-state index is 0.230. The Bertz CT molecular complexity index is 775. The van der Waals surface area contributed by atoms with Crippen molar-refractivity contribution in [3.8, 4) is 6.07 Å². The summed E-state index contributed by atoms with van der Waals surface area (Å²) in [6.07, 6.45) is 1.94. The molecule has 120 valence electrons. The van der Waals surface area contributed by atoms with Gasteiger partial charge < -0.3 is 9.47 Å². The molecule has 2 heterocycles. The van der Waals surface area contributed by atoms with Crippen LogP contribution in [0.1, 0.15) is 24.2 Å². The largest absolute Gasteiger partial charge is 0.369 e. The minimum Gasteiger partial charge on any atom is -0.369 e. The Morgan fingerprint density at radius 3 is 2.61 bits per heavy atom. The molecule has 2 aromatic rings. The van der Waals surface area contributed by atoms with Crippen LogP contribution in [0.4, 0.5) is 14.5 Å². The topological polar surface area (TPSA) is 57.7 Å². The van der Waals surface area contributed by atoms with Crippen molar-refractivity contribution in [3.05, 3.63) is 40.1 Å². The van der Waals surface area contributed by atoms with E-state index in [-0.39, 0.29) is 18.4 Å². The number of halogens is 3. The van der Waals surface area contributed by atoms with Crippen LogP contribution >= 0.6 is 15.9 Å². The minimum atomic E-state index is -1.54. The summed E-state index contributed by atoms with van der Waals surface area (Å²) >= 11 is 3.30. The van der Waals surface area contributed by atoms with Crippen molar-refractivity contribution in [2.75, 3.05) is 18.0 Å². The molecule has 1 saturated heterocycles. The summed E-state index contributed by atoms with van der Waals surface area (Å²) in [5.41, 5.74) is -0.697. The summed E-state index contributed by atoms with van der Waals surface area (Å²) in [6, 6.07) is 4.51. The summed E-state index contributed by atoms with van der Waals surface area (Å²) < 4.78 is 30.7. The van der Waals surface area contributed by atoms with Gasteiger partial charge in [-0.05, 0) is 28.1 Å². The number of benzene rings is 1. The van der Waals surface area contributed by atoms with Crippen molar-refractivity contribution in [2.45, 2.75) is 18.5 Å². The van der Waals surface area contributed by atoms with Gasteiger partial charge >= 0.3 is 0 Å². The highest BCUT2D eigenvalue weighted by Crippen LogP contribution is 2.39. The molecule has 1 aromatic carbocycles. The molecule has 23 heavy (non-hydrogen) atoms. The molecule has 0 aliphatic carbocycles. The molecule has 0 N–H and O–H groups in total. The van der Waals surface area contributed by atoms with Crippen LogP contribution in [0.15, 0.2) is 22.9 Å². The van der Waals surface area contributed by atoms with Gasteiger partial charge in [-0.25, -0.2) is 8.78 Å². The van der Waals surface area contributed by atoms with Gasteiger partial charge in [0.25, 0.3) is 0 Å². The Morgan fingerprint density at radius 2 is 2.04 bits per heavy atom. The Morgan fingerprint density at radius 1 is 1.35 bits per heavy atom. The normalized spacial score (nSPS) is 17.1. The second kappa shape index (κ2) is 5.89. The Kier molecular flexibility index (Phi) is 4.06. The zero-order valence-corrected chi connectivity index (χ0v) is 14.0. The lowest BCUT2D eigenvalue weighted by molar-refractivity contribution is 0.109. The number of anilines is 1. The van der Waals surface area contributed by atoms with Crippen LogP contribution in [0.2, 0.25) is 0 Å². The second-order valence-corrected chi connectivity index (χ2v) is 6.47. The fourth-order valence-corrected chi connectivity index (χ4v) is 3.65. The van der Waals surface area contributed by atoms with E-state index in [2.05, 4.69) is 26.1 Å². The van der Waals surface area contributed by atoms with Crippen LogP contribution in [0.25, 0.3) is 0 Å². The molecule has 1 aliphatic rings. The molecule has 0 atom stereocenters. The smallest absolute Gasteiger partial charge is 0.173 e. The number of piperidine rings is 1. The first kappa shape index (κ1) is 15.9. The maximum absolute atomic E-state index is 15.1.